The van der Waals surface area contributed by atoms with Gasteiger partial charge in [-0.2, -0.15) is 5.26 Å². The molecule has 0 aromatic heterocycles. The Hall–Kier alpha value is -1.49. The van der Waals surface area contributed by atoms with Gasteiger partial charge in [-0.3, -0.25) is 0 Å². The number of ether oxygens (including phenoxy) is 1. The molecule has 0 saturated heterocycles. The van der Waals surface area contributed by atoms with E-state index in [9.17, 15) is 0 Å². The van der Waals surface area contributed by atoms with Crippen LogP contribution in [0.2, 0.25) is 0 Å². The molecule has 60 valence electrons. The van der Waals surface area contributed by atoms with Gasteiger partial charge in [0.15, 0.2) is 0 Å². The van der Waals surface area contributed by atoms with Gasteiger partial charge in [-0.25, -0.2) is 0 Å². The van der Waals surface area contributed by atoms with Gasteiger partial charge < -0.3 is 4.74 Å². The van der Waals surface area contributed by atoms with Gasteiger partial charge in [0.2, 0.25) is 0 Å². The van der Waals surface area contributed by atoms with Crippen molar-refractivity contribution in [1.82, 2.24) is 0 Å². The molecule has 0 unspecified atom stereocenters. The summed E-state index contributed by atoms with van der Waals surface area (Å²) in [5, 5.41) is 8.63. The maximum Gasteiger partial charge on any atom is 0.123 e. The predicted octanol–water partition coefficient (Wildman–Crippen LogP) is 1.88. The van der Waals surface area contributed by atoms with E-state index in [1.54, 1.807) is 0 Å². The van der Waals surface area contributed by atoms with Crippen molar-refractivity contribution >= 4 is 0 Å². The standard InChI is InChI=1S/C10H9NO/c11-7-8-3-4-9-2-1-5-12-10(9)6-8/h3-4,6H,1-2,5H2. The van der Waals surface area contributed by atoms with E-state index in [1.165, 1.54) is 5.56 Å². The fourth-order valence-electron chi connectivity index (χ4n) is 1.41. The van der Waals surface area contributed by atoms with E-state index >= 15 is 0 Å². The highest BCUT2D eigenvalue weighted by Crippen LogP contribution is 2.25. The zero-order valence-corrected chi connectivity index (χ0v) is 6.71. The lowest BCUT2D eigenvalue weighted by molar-refractivity contribution is 0.288. The van der Waals surface area contributed by atoms with Crippen LogP contribution in [0.3, 0.4) is 0 Å². The van der Waals surface area contributed by atoms with Crippen molar-refractivity contribution in [2.75, 3.05) is 6.61 Å². The van der Waals surface area contributed by atoms with Crippen LogP contribution in [0, 0.1) is 11.3 Å². The van der Waals surface area contributed by atoms with Crippen LogP contribution in [0.4, 0.5) is 0 Å². The molecule has 1 aliphatic heterocycles. The fourth-order valence-corrected chi connectivity index (χ4v) is 1.41. The molecule has 0 bridgehead atoms. The summed E-state index contributed by atoms with van der Waals surface area (Å²) in [5.41, 5.74) is 1.90. The van der Waals surface area contributed by atoms with Crippen LogP contribution in [-0.4, -0.2) is 6.61 Å². The number of hydrogen-bond donors (Lipinski definition) is 0. The normalized spacial score (nSPS) is 14.2. The lowest BCUT2D eigenvalue weighted by Gasteiger charge is -2.16. The maximum absolute atomic E-state index is 8.63. The smallest absolute Gasteiger partial charge is 0.123 e. The van der Waals surface area contributed by atoms with Crippen LogP contribution in [0.15, 0.2) is 18.2 Å². The number of aryl methyl sites for hydroxylation is 1. The highest BCUT2D eigenvalue weighted by Gasteiger charge is 2.09. The second-order valence-electron chi connectivity index (χ2n) is 2.89. The van der Waals surface area contributed by atoms with E-state index in [2.05, 4.69) is 6.07 Å². The van der Waals surface area contributed by atoms with Crippen molar-refractivity contribution in [3.63, 3.8) is 0 Å². The molecule has 0 aliphatic carbocycles. The summed E-state index contributed by atoms with van der Waals surface area (Å²) in [5.74, 6) is 0.889. The Labute approximate surface area is 71.4 Å². The Morgan fingerprint density at radius 3 is 3.17 bits per heavy atom. The third-order valence-corrected chi connectivity index (χ3v) is 2.04. The Morgan fingerprint density at radius 2 is 2.33 bits per heavy atom. The molecule has 2 rings (SSSR count). The van der Waals surface area contributed by atoms with E-state index in [0.717, 1.165) is 25.2 Å². The van der Waals surface area contributed by atoms with Crippen molar-refractivity contribution in [2.45, 2.75) is 12.8 Å². The van der Waals surface area contributed by atoms with Crippen LogP contribution < -0.4 is 4.74 Å². The summed E-state index contributed by atoms with van der Waals surface area (Å²) in [6.45, 7) is 0.780. The number of rotatable bonds is 0. The molecule has 0 N–H and O–H groups in total. The van der Waals surface area contributed by atoms with Crippen molar-refractivity contribution in [2.24, 2.45) is 0 Å². The lowest BCUT2D eigenvalue weighted by atomic mass is 10.0. The van der Waals surface area contributed by atoms with E-state index in [4.69, 9.17) is 10.00 Å². The summed E-state index contributed by atoms with van der Waals surface area (Å²) >= 11 is 0. The Kier molecular flexibility index (Phi) is 1.71. The molecule has 2 heteroatoms. The fraction of sp³-hybridized carbons (Fsp3) is 0.300. The Balaban J connectivity index is 2.44. The average Bonchev–Trinajstić information content (AvgIpc) is 2.17. The first kappa shape index (κ1) is 7.17. The zero-order chi connectivity index (χ0) is 8.39. The predicted molar refractivity (Wildman–Crippen MR) is 45.0 cm³/mol. The van der Waals surface area contributed by atoms with Crippen LogP contribution in [-0.2, 0) is 6.42 Å². The number of nitrogens with zero attached hydrogens (tertiary/aromatic N) is 1. The maximum atomic E-state index is 8.63. The third-order valence-electron chi connectivity index (χ3n) is 2.04. The summed E-state index contributed by atoms with van der Waals surface area (Å²) in [7, 11) is 0. The Bertz CT molecular complexity index is 338. The van der Waals surface area contributed by atoms with Crippen molar-refractivity contribution in [1.29, 1.82) is 5.26 Å². The molecule has 1 heterocycles. The van der Waals surface area contributed by atoms with Crippen molar-refractivity contribution in [3.05, 3.63) is 29.3 Å². The van der Waals surface area contributed by atoms with Crippen LogP contribution >= 0.6 is 0 Å². The van der Waals surface area contributed by atoms with E-state index in [1.807, 2.05) is 18.2 Å². The minimum Gasteiger partial charge on any atom is -0.493 e. The van der Waals surface area contributed by atoms with Gasteiger partial charge in [-0.1, -0.05) is 6.07 Å². The van der Waals surface area contributed by atoms with Crippen molar-refractivity contribution < 1.29 is 4.74 Å². The molecule has 0 amide bonds. The van der Waals surface area contributed by atoms with E-state index in [0.29, 0.717) is 5.56 Å². The molecule has 1 aromatic rings. The quantitative estimate of drug-likeness (QED) is 0.579. The summed E-state index contributed by atoms with van der Waals surface area (Å²) in [4.78, 5) is 0. The first-order valence-corrected chi connectivity index (χ1v) is 4.06. The summed E-state index contributed by atoms with van der Waals surface area (Å²) < 4.78 is 5.41. The molecule has 0 radical (unpaired) electrons. The summed E-state index contributed by atoms with van der Waals surface area (Å²) in [6.07, 6.45) is 2.15. The van der Waals surface area contributed by atoms with Gasteiger partial charge in [0, 0.05) is 0 Å². The second-order valence-corrected chi connectivity index (χ2v) is 2.89. The molecular formula is C10H9NO. The highest BCUT2D eigenvalue weighted by atomic mass is 16.5. The van der Waals surface area contributed by atoms with E-state index in [-0.39, 0.29) is 0 Å². The summed E-state index contributed by atoms with van der Waals surface area (Å²) in [6, 6.07) is 7.73. The number of fused-ring (bicyclic) bond motifs is 1. The minimum absolute atomic E-state index is 0.677. The monoisotopic (exact) mass is 159 g/mol. The minimum atomic E-state index is 0.677. The van der Waals surface area contributed by atoms with Gasteiger partial charge >= 0.3 is 0 Å². The topological polar surface area (TPSA) is 33.0 Å². The molecular weight excluding hydrogens is 150 g/mol. The second kappa shape index (κ2) is 2.86. The van der Waals surface area contributed by atoms with Gasteiger partial charge in [0.05, 0.1) is 18.2 Å². The number of hydrogen-bond acceptors (Lipinski definition) is 2. The largest absolute Gasteiger partial charge is 0.493 e. The first-order chi connectivity index (χ1) is 5.90. The molecule has 0 saturated carbocycles. The molecule has 0 atom stereocenters. The van der Waals surface area contributed by atoms with Crippen LogP contribution in [0.5, 0.6) is 5.75 Å². The van der Waals surface area contributed by atoms with Crippen molar-refractivity contribution in [3.8, 4) is 11.8 Å². The van der Waals surface area contributed by atoms with Gasteiger partial charge in [0.25, 0.3) is 0 Å². The number of nitriles is 1. The van der Waals surface area contributed by atoms with Gasteiger partial charge in [0.1, 0.15) is 5.75 Å². The molecule has 1 aromatic carbocycles. The number of benzene rings is 1. The molecule has 12 heavy (non-hydrogen) atoms. The first-order valence-electron chi connectivity index (χ1n) is 4.06. The third kappa shape index (κ3) is 1.14. The Morgan fingerprint density at radius 1 is 1.42 bits per heavy atom. The highest BCUT2D eigenvalue weighted by molar-refractivity contribution is 5.43. The average molecular weight is 159 g/mol. The molecule has 0 spiro atoms. The molecule has 0 fully saturated rings. The van der Waals surface area contributed by atoms with Crippen LogP contribution in [0.25, 0.3) is 0 Å². The van der Waals surface area contributed by atoms with Gasteiger partial charge in [-0.05, 0) is 30.5 Å². The molecule has 1 aliphatic rings. The van der Waals surface area contributed by atoms with E-state index < -0.39 is 0 Å². The lowest BCUT2D eigenvalue weighted by Crippen LogP contribution is -2.08. The van der Waals surface area contributed by atoms with Crippen LogP contribution in [0.1, 0.15) is 17.5 Å². The van der Waals surface area contributed by atoms with Gasteiger partial charge in [-0.15, -0.1) is 0 Å². The zero-order valence-electron chi connectivity index (χ0n) is 6.71. The SMILES string of the molecule is N#Cc1ccc2c(c1)OCCC2. The molecule has 2 nitrogen and oxygen atoms in total.